The number of Topliss-reactive ketones (excluding diaryl/α,β-unsaturated/α-hetero) is 1. The summed E-state index contributed by atoms with van der Waals surface area (Å²) in [5.74, 6) is 1.55. The molecule has 2 rings (SSSR count). The van der Waals surface area contributed by atoms with Crippen LogP contribution in [0.25, 0.3) is 0 Å². The molecule has 0 atom stereocenters. The summed E-state index contributed by atoms with van der Waals surface area (Å²) >= 11 is 0. The van der Waals surface area contributed by atoms with E-state index in [1.807, 2.05) is 0 Å². The second-order valence-corrected chi connectivity index (χ2v) is 7.39. The number of carbonyl (C=O) groups is 2. The van der Waals surface area contributed by atoms with Gasteiger partial charge in [0.2, 0.25) is 15.8 Å². The first kappa shape index (κ1) is 21.9. The molecule has 0 amide bonds. The number of benzene rings is 2. The lowest BCUT2D eigenvalue weighted by Crippen LogP contribution is -2.24. The third-order valence-electron chi connectivity index (χ3n) is 3.79. The van der Waals surface area contributed by atoms with Gasteiger partial charge >= 0.3 is 5.97 Å². The highest BCUT2D eigenvalue weighted by atomic mass is 32.2. The van der Waals surface area contributed by atoms with Gasteiger partial charge in [-0.05, 0) is 36.4 Å². The van der Waals surface area contributed by atoms with Crippen LogP contribution >= 0.6 is 0 Å². The van der Waals surface area contributed by atoms with Gasteiger partial charge in [0.05, 0.1) is 36.8 Å². The van der Waals surface area contributed by atoms with Crippen molar-refractivity contribution >= 4 is 21.8 Å². The Hall–Kier alpha value is -3.35. The second-order valence-electron chi connectivity index (χ2n) is 5.62. The molecule has 0 radical (unpaired) electrons. The van der Waals surface area contributed by atoms with Crippen LogP contribution in [0.4, 0.5) is 0 Å². The quantitative estimate of drug-likeness (QED) is 0.375. The van der Waals surface area contributed by atoms with E-state index in [2.05, 4.69) is 10.6 Å². The molecule has 0 saturated carbocycles. The maximum absolute atomic E-state index is 12.4. The molecule has 0 aliphatic carbocycles. The highest BCUT2D eigenvalue weighted by Gasteiger charge is 2.19. The summed E-state index contributed by atoms with van der Waals surface area (Å²) in [6, 6.07) is 9.86. The van der Waals surface area contributed by atoms with E-state index in [0.29, 0.717) is 11.5 Å². The summed E-state index contributed by atoms with van der Waals surface area (Å²) in [5.41, 5.74) is 0.161. The molecule has 0 fully saturated rings. The Morgan fingerprint density at radius 3 is 2.52 bits per heavy atom. The van der Waals surface area contributed by atoms with Crippen LogP contribution in [-0.4, -0.2) is 47.5 Å². The maximum atomic E-state index is 12.4. The molecule has 0 unspecified atom stereocenters. The Morgan fingerprint density at radius 1 is 1.10 bits per heavy atom. The van der Waals surface area contributed by atoms with E-state index in [1.165, 1.54) is 38.5 Å². The fourth-order valence-electron chi connectivity index (χ4n) is 2.33. The Balaban J connectivity index is 2.13. The first-order valence-electron chi connectivity index (χ1n) is 8.28. The molecule has 2 aromatic rings. The van der Waals surface area contributed by atoms with Crippen molar-refractivity contribution in [3.63, 3.8) is 0 Å². The predicted molar refractivity (Wildman–Crippen MR) is 105 cm³/mol. The Kier molecular flexibility index (Phi) is 7.36. The molecule has 9 heteroatoms. The number of ketones is 1. The molecule has 0 saturated heterocycles. The van der Waals surface area contributed by atoms with Gasteiger partial charge in [0.15, 0.2) is 6.61 Å². The standard InChI is InChI=1S/C20H19NO7S/c1-4-10-21-29(24,25)16-7-5-6-14(11-16)20(23)28-13-18(22)17-12-15(26-2)8-9-19(17)27-3/h1,5-9,11-12,21H,10,13H2,2-3H3. The Bertz CT molecular complexity index is 1050. The monoisotopic (exact) mass is 417 g/mol. The number of rotatable bonds is 9. The fourth-order valence-corrected chi connectivity index (χ4v) is 3.31. The minimum atomic E-state index is -3.87. The predicted octanol–water partition coefficient (Wildman–Crippen LogP) is 1.66. The van der Waals surface area contributed by atoms with Crippen LogP contribution < -0.4 is 14.2 Å². The first-order chi connectivity index (χ1) is 13.8. The highest BCUT2D eigenvalue weighted by molar-refractivity contribution is 7.89. The Labute approximate surface area is 168 Å². The lowest BCUT2D eigenvalue weighted by molar-refractivity contribution is 0.0473. The summed E-state index contributed by atoms with van der Waals surface area (Å²) in [4.78, 5) is 24.6. The molecule has 0 aliphatic heterocycles. The van der Waals surface area contributed by atoms with E-state index in [0.717, 1.165) is 6.07 Å². The molecular weight excluding hydrogens is 398 g/mol. The van der Waals surface area contributed by atoms with E-state index in [-0.39, 0.29) is 22.6 Å². The van der Waals surface area contributed by atoms with Crippen molar-refractivity contribution in [1.29, 1.82) is 0 Å². The van der Waals surface area contributed by atoms with Gasteiger partial charge in [0.1, 0.15) is 11.5 Å². The number of methoxy groups -OCH3 is 2. The number of terminal acetylenes is 1. The van der Waals surface area contributed by atoms with E-state index in [1.54, 1.807) is 12.1 Å². The van der Waals surface area contributed by atoms with Gasteiger partial charge in [-0.15, -0.1) is 6.42 Å². The first-order valence-corrected chi connectivity index (χ1v) is 9.76. The average Bonchev–Trinajstić information content (AvgIpc) is 2.75. The molecule has 0 bridgehead atoms. The molecule has 0 aromatic heterocycles. The number of sulfonamides is 1. The van der Waals surface area contributed by atoms with Crippen LogP contribution in [-0.2, 0) is 14.8 Å². The zero-order valence-corrected chi connectivity index (χ0v) is 16.6. The van der Waals surface area contributed by atoms with Crippen LogP contribution in [0.5, 0.6) is 11.5 Å². The van der Waals surface area contributed by atoms with Crippen molar-refractivity contribution in [2.45, 2.75) is 4.90 Å². The minimum absolute atomic E-state index is 0.0287. The minimum Gasteiger partial charge on any atom is -0.497 e. The molecule has 1 N–H and O–H groups in total. The van der Waals surface area contributed by atoms with Gasteiger partial charge in [-0.25, -0.2) is 13.2 Å². The third kappa shape index (κ3) is 5.57. The topological polar surface area (TPSA) is 108 Å². The van der Waals surface area contributed by atoms with Crippen molar-refractivity contribution in [3.05, 3.63) is 53.6 Å². The number of ether oxygens (including phenoxy) is 3. The van der Waals surface area contributed by atoms with E-state index >= 15 is 0 Å². The van der Waals surface area contributed by atoms with Gasteiger partial charge in [-0.2, -0.15) is 4.72 Å². The van der Waals surface area contributed by atoms with E-state index in [9.17, 15) is 18.0 Å². The number of carbonyl (C=O) groups excluding carboxylic acids is 2. The summed E-state index contributed by atoms with van der Waals surface area (Å²) in [6.07, 6.45) is 5.05. The molecule has 0 heterocycles. The number of esters is 1. The van der Waals surface area contributed by atoms with E-state index in [4.69, 9.17) is 20.6 Å². The molecule has 152 valence electrons. The molecular formula is C20H19NO7S. The average molecular weight is 417 g/mol. The second kappa shape index (κ2) is 9.73. The van der Waals surface area contributed by atoms with Gasteiger partial charge in [0.25, 0.3) is 0 Å². The van der Waals surface area contributed by atoms with Gasteiger partial charge < -0.3 is 14.2 Å². The van der Waals surface area contributed by atoms with Crippen LogP contribution in [0.1, 0.15) is 20.7 Å². The zero-order valence-electron chi connectivity index (χ0n) is 15.8. The van der Waals surface area contributed by atoms with Crippen LogP contribution in [0.3, 0.4) is 0 Å². The molecule has 29 heavy (non-hydrogen) atoms. The highest BCUT2D eigenvalue weighted by Crippen LogP contribution is 2.24. The molecule has 0 spiro atoms. The molecule has 8 nitrogen and oxygen atoms in total. The van der Waals surface area contributed by atoms with E-state index < -0.39 is 28.4 Å². The van der Waals surface area contributed by atoms with Crippen molar-refractivity contribution in [2.75, 3.05) is 27.4 Å². The third-order valence-corrected chi connectivity index (χ3v) is 5.18. The van der Waals surface area contributed by atoms with Crippen molar-refractivity contribution < 1.29 is 32.2 Å². The number of hydrogen-bond donors (Lipinski definition) is 1. The Morgan fingerprint density at radius 2 is 1.86 bits per heavy atom. The summed E-state index contributed by atoms with van der Waals surface area (Å²) in [6.45, 7) is -0.747. The summed E-state index contributed by atoms with van der Waals surface area (Å²) in [7, 11) is -1.01. The molecule has 0 aliphatic rings. The lowest BCUT2D eigenvalue weighted by Gasteiger charge is -2.10. The zero-order chi connectivity index (χ0) is 21.4. The van der Waals surface area contributed by atoms with Crippen molar-refractivity contribution in [1.82, 2.24) is 4.72 Å². The molecule has 2 aromatic carbocycles. The van der Waals surface area contributed by atoms with Gasteiger partial charge in [-0.1, -0.05) is 12.0 Å². The lowest BCUT2D eigenvalue weighted by atomic mass is 10.1. The van der Waals surface area contributed by atoms with Crippen LogP contribution in [0, 0.1) is 12.3 Å². The SMILES string of the molecule is C#CCNS(=O)(=O)c1cccc(C(=O)OCC(=O)c2cc(OC)ccc2OC)c1. The maximum Gasteiger partial charge on any atom is 0.338 e. The smallest absolute Gasteiger partial charge is 0.338 e. The normalized spacial score (nSPS) is 10.7. The van der Waals surface area contributed by atoms with Crippen molar-refractivity contribution in [2.24, 2.45) is 0 Å². The van der Waals surface area contributed by atoms with Crippen LogP contribution in [0.15, 0.2) is 47.4 Å². The summed E-state index contributed by atoms with van der Waals surface area (Å²) < 4.78 is 41.7. The number of nitrogens with one attached hydrogen (secondary N) is 1. The fraction of sp³-hybridized carbons (Fsp3) is 0.200. The van der Waals surface area contributed by atoms with Crippen molar-refractivity contribution in [3.8, 4) is 23.8 Å². The van der Waals surface area contributed by atoms with Crippen LogP contribution in [0.2, 0.25) is 0 Å². The van der Waals surface area contributed by atoms with Gasteiger partial charge in [-0.3, -0.25) is 4.79 Å². The number of hydrogen-bond acceptors (Lipinski definition) is 7. The van der Waals surface area contributed by atoms with Gasteiger partial charge in [0, 0.05) is 0 Å². The largest absolute Gasteiger partial charge is 0.497 e. The summed E-state index contributed by atoms with van der Waals surface area (Å²) in [5, 5.41) is 0.